The monoisotopic (exact) mass is 524 g/mol. The molecule has 0 unspecified atom stereocenters. The fourth-order valence-electron chi connectivity index (χ4n) is 2.63. The van der Waals surface area contributed by atoms with Crippen LogP contribution in [0.25, 0.3) is 0 Å². The number of hydrogen-bond acceptors (Lipinski definition) is 7. The van der Waals surface area contributed by atoms with Crippen LogP contribution in [-0.2, 0) is 47.1 Å². The van der Waals surface area contributed by atoms with Crippen molar-refractivity contribution in [1.29, 1.82) is 0 Å². The Hall–Kier alpha value is -2.07. The Bertz CT molecular complexity index is 846. The molecule has 1 aromatic carbocycles. The minimum absolute atomic E-state index is 0. The van der Waals surface area contributed by atoms with E-state index in [0.29, 0.717) is 27.4 Å². The zero-order valence-corrected chi connectivity index (χ0v) is 21.9. The van der Waals surface area contributed by atoms with Crippen molar-refractivity contribution in [3.05, 3.63) is 29.8 Å². The summed E-state index contributed by atoms with van der Waals surface area (Å²) in [5, 5.41) is 20.7. The molecule has 0 spiro atoms. The van der Waals surface area contributed by atoms with E-state index in [9.17, 15) is 4.79 Å². The van der Waals surface area contributed by atoms with Crippen LogP contribution in [0.15, 0.2) is 44.7 Å². The van der Waals surface area contributed by atoms with Gasteiger partial charge in [0.2, 0.25) is 5.91 Å². The maximum atomic E-state index is 11.3. The summed E-state index contributed by atoms with van der Waals surface area (Å²) in [5.41, 5.74) is 2.53. The molecular formula is C21H31CuN7OS2. The Balaban J connectivity index is 0.00000961. The summed E-state index contributed by atoms with van der Waals surface area (Å²) < 4.78 is 0. The van der Waals surface area contributed by atoms with Crippen LogP contribution in [0.5, 0.6) is 0 Å². The smallest absolute Gasteiger partial charge is 0.741 e. The van der Waals surface area contributed by atoms with Crippen LogP contribution in [-0.4, -0.2) is 63.6 Å². The minimum atomic E-state index is -0.136. The van der Waals surface area contributed by atoms with Gasteiger partial charge in [-0.25, -0.2) is 0 Å². The number of benzene rings is 1. The Labute approximate surface area is 213 Å². The molecule has 0 atom stereocenters. The van der Waals surface area contributed by atoms with Crippen LogP contribution in [0.1, 0.15) is 47.1 Å². The second-order valence-electron chi connectivity index (χ2n) is 6.50. The van der Waals surface area contributed by atoms with Crippen molar-refractivity contribution in [1.82, 2.24) is 9.80 Å². The van der Waals surface area contributed by atoms with Crippen molar-refractivity contribution in [3.8, 4) is 0 Å². The van der Waals surface area contributed by atoms with Crippen LogP contribution in [0.3, 0.4) is 0 Å². The molecule has 179 valence electrons. The molecule has 11 heteroatoms. The summed E-state index contributed by atoms with van der Waals surface area (Å²) in [6.07, 6.45) is 0. The summed E-state index contributed by atoms with van der Waals surface area (Å²) in [6.45, 7) is 14.3. The molecule has 1 radical (unpaired) electrons. The molecule has 1 rings (SSSR count). The molecule has 0 aromatic heterocycles. The van der Waals surface area contributed by atoms with Crippen molar-refractivity contribution in [2.24, 2.45) is 20.4 Å². The predicted octanol–water partition coefficient (Wildman–Crippen LogP) is 3.21. The Morgan fingerprint density at radius 3 is 1.66 bits per heavy atom. The molecule has 1 aromatic rings. The molecule has 1 N–H and O–H groups in total. The molecule has 0 aliphatic carbocycles. The SMILES string of the molecule is CCN(CC)/C([S-])=N/N=C(C)/C(=N/N=C(\[S-])N(CC)CC)c1ccc(NC(C)=O)cc1.[Cu+2]. The first kappa shape index (κ1) is 29.9. The largest absolute Gasteiger partial charge is 2.00 e. The molecule has 1 amide bonds. The minimum Gasteiger partial charge on any atom is -0.741 e. The molecule has 0 saturated carbocycles. The number of nitrogens with zero attached hydrogens (tertiary/aromatic N) is 6. The third kappa shape index (κ3) is 9.60. The molecule has 0 heterocycles. The van der Waals surface area contributed by atoms with E-state index in [2.05, 4.69) is 25.7 Å². The second kappa shape index (κ2) is 15.7. The summed E-state index contributed by atoms with van der Waals surface area (Å²) in [5.74, 6) is -0.136. The quantitative estimate of drug-likeness (QED) is 0.176. The van der Waals surface area contributed by atoms with E-state index in [4.69, 9.17) is 25.3 Å². The fourth-order valence-corrected chi connectivity index (χ4v) is 3.22. The van der Waals surface area contributed by atoms with Crippen molar-refractivity contribution in [3.63, 3.8) is 0 Å². The van der Waals surface area contributed by atoms with E-state index in [1.54, 1.807) is 19.1 Å². The molecule has 0 fully saturated rings. The van der Waals surface area contributed by atoms with Gasteiger partial charge >= 0.3 is 17.1 Å². The van der Waals surface area contributed by atoms with Gasteiger partial charge in [-0.05, 0) is 46.8 Å². The first-order valence-corrected chi connectivity index (χ1v) is 11.1. The maximum absolute atomic E-state index is 11.3. The average Bonchev–Trinajstić information content (AvgIpc) is 2.74. The summed E-state index contributed by atoms with van der Waals surface area (Å²) in [7, 11) is 0. The van der Waals surface area contributed by atoms with E-state index in [0.717, 1.165) is 31.7 Å². The van der Waals surface area contributed by atoms with E-state index in [1.807, 2.05) is 49.6 Å². The van der Waals surface area contributed by atoms with E-state index in [1.165, 1.54) is 6.92 Å². The van der Waals surface area contributed by atoms with Crippen LogP contribution < -0.4 is 5.32 Å². The number of hydrogen-bond donors (Lipinski definition) is 1. The van der Waals surface area contributed by atoms with Crippen molar-refractivity contribution >= 4 is 58.6 Å². The van der Waals surface area contributed by atoms with Gasteiger partial charge in [-0.15, -0.1) is 5.10 Å². The number of amidine groups is 2. The van der Waals surface area contributed by atoms with Gasteiger partial charge in [0.15, 0.2) is 0 Å². The fraction of sp³-hybridized carbons (Fsp3) is 0.476. The molecule has 8 nitrogen and oxygen atoms in total. The molecule has 0 saturated heterocycles. The van der Waals surface area contributed by atoms with E-state index < -0.39 is 0 Å². The van der Waals surface area contributed by atoms with Crippen LogP contribution in [0.4, 0.5) is 5.69 Å². The summed E-state index contributed by atoms with van der Waals surface area (Å²) >= 11 is 10.7. The van der Waals surface area contributed by atoms with Gasteiger partial charge in [0.1, 0.15) is 5.71 Å². The maximum Gasteiger partial charge on any atom is 2.00 e. The first-order valence-electron chi connectivity index (χ1n) is 10.3. The number of carbonyl (C=O) groups excluding carboxylic acids is 1. The van der Waals surface area contributed by atoms with Crippen LogP contribution >= 0.6 is 0 Å². The third-order valence-corrected chi connectivity index (χ3v) is 5.09. The normalized spacial score (nSPS) is 12.8. The zero-order valence-electron chi connectivity index (χ0n) is 19.3. The average molecular weight is 525 g/mol. The van der Waals surface area contributed by atoms with Crippen molar-refractivity contribution in [2.75, 3.05) is 31.5 Å². The number of amides is 1. The van der Waals surface area contributed by atoms with Gasteiger partial charge in [0.25, 0.3) is 0 Å². The third-order valence-electron chi connectivity index (χ3n) is 4.41. The topological polar surface area (TPSA) is 85.0 Å². The molecule has 32 heavy (non-hydrogen) atoms. The Morgan fingerprint density at radius 2 is 1.25 bits per heavy atom. The van der Waals surface area contributed by atoms with Crippen molar-refractivity contribution in [2.45, 2.75) is 41.5 Å². The van der Waals surface area contributed by atoms with E-state index >= 15 is 0 Å². The van der Waals surface area contributed by atoms with Gasteiger partial charge in [0, 0.05) is 54.7 Å². The molecule has 0 aliphatic heterocycles. The number of carbonyl (C=O) groups is 1. The predicted molar refractivity (Wildman–Crippen MR) is 136 cm³/mol. The molecule has 0 bridgehead atoms. The van der Waals surface area contributed by atoms with Gasteiger partial charge in [0.05, 0.1) is 5.71 Å². The van der Waals surface area contributed by atoms with Crippen molar-refractivity contribution < 1.29 is 21.9 Å². The molecule has 0 aliphatic rings. The Kier molecular flexibility index (Phi) is 14.7. The van der Waals surface area contributed by atoms with Gasteiger partial charge < -0.3 is 40.4 Å². The number of nitrogens with one attached hydrogen (secondary N) is 1. The van der Waals surface area contributed by atoms with Gasteiger partial charge in [-0.2, -0.15) is 15.3 Å². The number of anilines is 1. The Morgan fingerprint density at radius 1 is 0.812 bits per heavy atom. The first-order chi connectivity index (χ1) is 14.8. The standard InChI is InChI=1S/C21H33N7OS2.Cu/c1-7-27(8-2)20(30)25-23-15(5)19(24-26-21(31)28(9-3)10-4)17-11-13-18(14-12-17)22-16(6)29;/h11-14H,7-10H2,1-6H3,(H,22,29)(H,25,30)(H,26,31);/q;+2/p-2/b23-15+,24-19-;. The van der Waals surface area contributed by atoms with E-state index in [-0.39, 0.29) is 23.0 Å². The number of rotatable bonds is 9. The zero-order chi connectivity index (χ0) is 23.4. The van der Waals surface area contributed by atoms with Crippen LogP contribution in [0, 0.1) is 0 Å². The van der Waals surface area contributed by atoms with Gasteiger partial charge in [-0.1, -0.05) is 12.1 Å². The summed E-state index contributed by atoms with van der Waals surface area (Å²) in [4.78, 5) is 15.1. The molecular weight excluding hydrogens is 494 g/mol. The second-order valence-corrected chi connectivity index (χ2v) is 7.23. The summed E-state index contributed by atoms with van der Waals surface area (Å²) in [6, 6.07) is 7.25. The van der Waals surface area contributed by atoms with Crippen LogP contribution in [0.2, 0.25) is 0 Å². The van der Waals surface area contributed by atoms with Gasteiger partial charge in [-0.3, -0.25) is 4.79 Å².